The maximum atomic E-state index is 11.2. The van der Waals surface area contributed by atoms with Gasteiger partial charge in [0.2, 0.25) is 0 Å². The highest BCUT2D eigenvalue weighted by atomic mass is 35.5. The third kappa shape index (κ3) is 1.21. The van der Waals surface area contributed by atoms with E-state index >= 15 is 0 Å². The van der Waals surface area contributed by atoms with Gasteiger partial charge >= 0.3 is 11.9 Å². The molecule has 1 heterocycles. The molecule has 1 aromatic rings. The Kier molecular flexibility index (Phi) is 2.18. The number of esters is 2. The molecule has 3 nitrogen and oxygen atoms in total. The van der Waals surface area contributed by atoms with E-state index in [-0.39, 0.29) is 26.2 Å². The summed E-state index contributed by atoms with van der Waals surface area (Å²) in [6, 6.07) is 1.29. The second-order valence-corrected chi connectivity index (χ2v) is 3.77. The van der Waals surface area contributed by atoms with Crippen LogP contribution in [0, 0.1) is 0 Å². The average Bonchev–Trinajstić information content (AvgIpc) is 1.99. The lowest BCUT2D eigenvalue weighted by molar-refractivity contribution is 0.0386. The first-order valence-corrected chi connectivity index (χ1v) is 4.59. The Bertz CT molecular complexity index is 429. The maximum absolute atomic E-state index is 11.2. The van der Waals surface area contributed by atoms with Crippen LogP contribution in [-0.2, 0) is 4.74 Å². The van der Waals surface area contributed by atoms with Crippen molar-refractivity contribution in [3.8, 4) is 0 Å². The van der Waals surface area contributed by atoms with Crippen molar-refractivity contribution in [2.24, 2.45) is 0 Å². The van der Waals surface area contributed by atoms with Gasteiger partial charge in [0.1, 0.15) is 0 Å². The standard InChI is InChI=1S/C8HCl3O3/c9-2-1-3(10)5-6(11)4(2)7(12)14-8(5)13/h1H. The molecule has 0 fully saturated rings. The minimum Gasteiger partial charge on any atom is -0.386 e. The quantitative estimate of drug-likeness (QED) is 0.526. The van der Waals surface area contributed by atoms with Crippen molar-refractivity contribution < 1.29 is 14.3 Å². The summed E-state index contributed by atoms with van der Waals surface area (Å²) in [5.74, 6) is -1.71. The van der Waals surface area contributed by atoms with Crippen LogP contribution in [0.3, 0.4) is 0 Å². The number of cyclic esters (lactones) is 2. The fourth-order valence-electron chi connectivity index (χ4n) is 1.15. The van der Waals surface area contributed by atoms with Gasteiger partial charge in [-0.1, -0.05) is 34.8 Å². The molecule has 14 heavy (non-hydrogen) atoms. The Hall–Kier alpha value is -0.770. The first-order chi connectivity index (χ1) is 6.52. The van der Waals surface area contributed by atoms with Crippen molar-refractivity contribution in [3.05, 3.63) is 32.3 Å². The first-order valence-electron chi connectivity index (χ1n) is 3.46. The van der Waals surface area contributed by atoms with Gasteiger partial charge in [0.05, 0.1) is 26.2 Å². The second-order valence-electron chi connectivity index (χ2n) is 2.58. The summed E-state index contributed by atoms with van der Waals surface area (Å²) in [4.78, 5) is 22.3. The van der Waals surface area contributed by atoms with Crippen molar-refractivity contribution in [2.75, 3.05) is 0 Å². The Morgan fingerprint density at radius 2 is 1.36 bits per heavy atom. The number of ether oxygens (including phenoxy) is 1. The molecule has 0 saturated carbocycles. The molecular formula is C8HCl3O3. The number of benzene rings is 1. The summed E-state index contributed by atoms with van der Waals surface area (Å²) >= 11 is 17.2. The van der Waals surface area contributed by atoms with Crippen LogP contribution in [0.1, 0.15) is 20.7 Å². The lowest BCUT2D eigenvalue weighted by atomic mass is 10.1. The molecule has 2 rings (SSSR count). The highest BCUT2D eigenvalue weighted by molar-refractivity contribution is 6.46. The number of hydrogen-bond donors (Lipinski definition) is 0. The molecule has 1 aliphatic rings. The second kappa shape index (κ2) is 3.12. The predicted octanol–water partition coefficient (Wildman–Crippen LogP) is 2.96. The van der Waals surface area contributed by atoms with E-state index in [2.05, 4.69) is 4.74 Å². The summed E-state index contributed by atoms with van der Waals surface area (Å²) in [7, 11) is 0. The zero-order chi connectivity index (χ0) is 10.5. The summed E-state index contributed by atoms with van der Waals surface area (Å²) < 4.78 is 4.38. The molecule has 6 heteroatoms. The van der Waals surface area contributed by atoms with Gasteiger partial charge in [-0.15, -0.1) is 0 Å². The zero-order valence-electron chi connectivity index (χ0n) is 6.44. The molecular weight excluding hydrogens is 250 g/mol. The van der Waals surface area contributed by atoms with Gasteiger partial charge in [0.25, 0.3) is 0 Å². The van der Waals surface area contributed by atoms with Crippen molar-refractivity contribution >= 4 is 46.7 Å². The lowest BCUT2D eigenvalue weighted by Gasteiger charge is -2.16. The number of fused-ring (bicyclic) bond motifs is 2. The summed E-state index contributed by atoms with van der Waals surface area (Å²) in [6.07, 6.45) is 0. The van der Waals surface area contributed by atoms with E-state index in [9.17, 15) is 9.59 Å². The van der Waals surface area contributed by atoms with Crippen molar-refractivity contribution in [2.45, 2.75) is 0 Å². The molecule has 0 amide bonds. The molecule has 72 valence electrons. The third-order valence-electron chi connectivity index (χ3n) is 1.76. The lowest BCUT2D eigenvalue weighted by Crippen LogP contribution is -2.21. The molecule has 2 bridgehead atoms. The van der Waals surface area contributed by atoms with E-state index < -0.39 is 11.9 Å². The highest BCUT2D eigenvalue weighted by Crippen LogP contribution is 2.37. The van der Waals surface area contributed by atoms with Crippen LogP contribution in [0.15, 0.2) is 6.07 Å². The van der Waals surface area contributed by atoms with Crippen molar-refractivity contribution in [1.82, 2.24) is 0 Å². The fourth-order valence-corrected chi connectivity index (χ4v) is 2.22. The number of halogens is 3. The molecule has 0 spiro atoms. The van der Waals surface area contributed by atoms with Crippen molar-refractivity contribution in [1.29, 1.82) is 0 Å². The monoisotopic (exact) mass is 250 g/mol. The number of carbonyl (C=O) groups excluding carboxylic acids is 2. The molecule has 0 atom stereocenters. The van der Waals surface area contributed by atoms with Crippen LogP contribution >= 0.6 is 34.8 Å². The predicted molar refractivity (Wildman–Crippen MR) is 51.2 cm³/mol. The maximum Gasteiger partial charge on any atom is 0.349 e. The van der Waals surface area contributed by atoms with Gasteiger partial charge in [0, 0.05) is 0 Å². The zero-order valence-corrected chi connectivity index (χ0v) is 8.70. The van der Waals surface area contributed by atoms with E-state index in [1.807, 2.05) is 0 Å². The molecule has 1 aromatic carbocycles. The van der Waals surface area contributed by atoms with E-state index in [0.717, 1.165) is 0 Å². The summed E-state index contributed by atoms with van der Waals surface area (Å²) in [5, 5.41) is 0.0891. The molecule has 0 saturated heterocycles. The van der Waals surface area contributed by atoms with Crippen LogP contribution in [0.5, 0.6) is 0 Å². The van der Waals surface area contributed by atoms with Gasteiger partial charge in [0.15, 0.2) is 0 Å². The molecule has 0 aromatic heterocycles. The van der Waals surface area contributed by atoms with Crippen LogP contribution in [0.25, 0.3) is 0 Å². The van der Waals surface area contributed by atoms with E-state index in [1.54, 1.807) is 0 Å². The normalized spacial score (nSPS) is 14.2. The molecule has 0 aliphatic carbocycles. The van der Waals surface area contributed by atoms with Crippen molar-refractivity contribution in [3.63, 3.8) is 0 Å². The van der Waals surface area contributed by atoms with Crippen LogP contribution in [0.2, 0.25) is 15.1 Å². The number of carbonyl (C=O) groups is 2. The van der Waals surface area contributed by atoms with Crippen LogP contribution in [0.4, 0.5) is 0 Å². The minimum atomic E-state index is -0.853. The molecule has 0 radical (unpaired) electrons. The van der Waals surface area contributed by atoms with E-state index in [0.29, 0.717) is 0 Å². The SMILES string of the molecule is O=C1OC(=O)c2c(Cl)cc(Cl)c1c2Cl. The number of hydrogen-bond acceptors (Lipinski definition) is 3. The highest BCUT2D eigenvalue weighted by Gasteiger charge is 2.33. The van der Waals surface area contributed by atoms with Gasteiger partial charge in [-0.3, -0.25) is 0 Å². The Balaban J connectivity index is 2.87. The van der Waals surface area contributed by atoms with Gasteiger partial charge < -0.3 is 4.74 Å². The van der Waals surface area contributed by atoms with Gasteiger partial charge in [-0.2, -0.15) is 0 Å². The summed E-state index contributed by atoms with van der Waals surface area (Å²) in [6.45, 7) is 0. The van der Waals surface area contributed by atoms with E-state index in [4.69, 9.17) is 34.8 Å². The summed E-state index contributed by atoms with van der Waals surface area (Å²) in [5.41, 5.74) is -0.0420. The average molecular weight is 251 g/mol. The molecule has 0 unspecified atom stereocenters. The Morgan fingerprint density at radius 1 is 0.929 bits per heavy atom. The van der Waals surface area contributed by atoms with Crippen LogP contribution < -0.4 is 0 Å². The first kappa shape index (κ1) is 9.77. The third-order valence-corrected chi connectivity index (χ3v) is 2.74. The van der Waals surface area contributed by atoms with Crippen LogP contribution in [-0.4, -0.2) is 11.9 Å². The Labute approximate surface area is 93.5 Å². The smallest absolute Gasteiger partial charge is 0.349 e. The Morgan fingerprint density at radius 3 is 1.79 bits per heavy atom. The number of rotatable bonds is 0. The van der Waals surface area contributed by atoms with Gasteiger partial charge in [-0.05, 0) is 6.07 Å². The minimum absolute atomic E-state index is 0.0210. The largest absolute Gasteiger partial charge is 0.386 e. The van der Waals surface area contributed by atoms with Gasteiger partial charge in [-0.25, -0.2) is 9.59 Å². The molecule has 1 aliphatic heterocycles. The topological polar surface area (TPSA) is 43.4 Å². The van der Waals surface area contributed by atoms with E-state index in [1.165, 1.54) is 6.07 Å². The fraction of sp³-hybridized carbons (Fsp3) is 0. The molecule has 0 N–H and O–H groups in total.